The van der Waals surface area contributed by atoms with Crippen LogP contribution in [-0.2, 0) is 6.42 Å². The molecule has 0 saturated heterocycles. The van der Waals surface area contributed by atoms with Gasteiger partial charge in [-0.15, -0.1) is 6.58 Å². The molecule has 3 atom stereocenters. The normalized spacial score (nSPS) is 15.1. The number of aromatic nitrogens is 2. The summed E-state index contributed by atoms with van der Waals surface area (Å²) in [6.45, 7) is 15.2. The second-order valence-electron chi connectivity index (χ2n) is 7.47. The highest BCUT2D eigenvalue weighted by atomic mass is 79.9. The number of alkyl halides is 1. The summed E-state index contributed by atoms with van der Waals surface area (Å²) < 4.78 is 2.45. The highest BCUT2D eigenvalue weighted by Gasteiger charge is 2.24. The molecule has 0 aromatic carbocycles. The lowest BCUT2D eigenvalue weighted by Gasteiger charge is -2.27. The molecule has 3 unspecified atom stereocenters. The lowest BCUT2D eigenvalue weighted by Crippen LogP contribution is -2.20. The van der Waals surface area contributed by atoms with Gasteiger partial charge >= 0.3 is 0 Å². The molecule has 0 aliphatic rings. The van der Waals surface area contributed by atoms with Crippen molar-refractivity contribution in [3.63, 3.8) is 0 Å². The van der Waals surface area contributed by atoms with Crippen LogP contribution in [0, 0.1) is 25.7 Å². The monoisotopic (exact) mass is 410 g/mol. The number of allylic oxidation sites excluding steroid dienone is 1. The molecule has 3 heteroatoms. The average Bonchev–Trinajstić information content (AvgIpc) is 2.85. The molecule has 144 valence electrons. The number of unbranched alkanes of at least 4 members (excludes halogenated alkanes) is 1. The Bertz CT molecular complexity index is 506. The summed E-state index contributed by atoms with van der Waals surface area (Å²) in [5.41, 5.74) is 2.50. The number of hydrogen-bond acceptors (Lipinski definition) is 1. The van der Waals surface area contributed by atoms with Gasteiger partial charge in [0, 0.05) is 12.1 Å². The van der Waals surface area contributed by atoms with Gasteiger partial charge in [0.25, 0.3) is 0 Å². The van der Waals surface area contributed by atoms with Crippen molar-refractivity contribution in [2.45, 2.75) is 97.4 Å². The molecule has 0 saturated carbocycles. The molecule has 1 aromatic rings. The SMILES string of the molecule is C=CCC(CCC)C(CCCC)Cc1nc(C)c(C)n1C(Br)CCC. The molecule has 1 aromatic heterocycles. The van der Waals surface area contributed by atoms with Crippen molar-refractivity contribution in [2.75, 3.05) is 0 Å². The zero-order valence-corrected chi connectivity index (χ0v) is 18.7. The predicted octanol–water partition coefficient (Wildman–Crippen LogP) is 7.53. The van der Waals surface area contributed by atoms with E-state index in [1.165, 1.54) is 55.7 Å². The van der Waals surface area contributed by atoms with Crippen molar-refractivity contribution in [3.05, 3.63) is 29.9 Å². The maximum Gasteiger partial charge on any atom is 0.110 e. The number of rotatable bonds is 13. The van der Waals surface area contributed by atoms with Gasteiger partial charge in [0.1, 0.15) is 5.82 Å². The Hall–Kier alpha value is -0.570. The lowest BCUT2D eigenvalue weighted by atomic mass is 9.80. The third kappa shape index (κ3) is 6.58. The zero-order valence-electron chi connectivity index (χ0n) is 17.2. The van der Waals surface area contributed by atoms with Gasteiger partial charge in [0.15, 0.2) is 0 Å². The molecule has 0 aliphatic carbocycles. The third-order valence-corrected chi connectivity index (χ3v) is 6.30. The van der Waals surface area contributed by atoms with Crippen LogP contribution in [0.15, 0.2) is 12.7 Å². The Morgan fingerprint density at radius 2 is 1.72 bits per heavy atom. The minimum Gasteiger partial charge on any atom is -0.319 e. The van der Waals surface area contributed by atoms with E-state index in [0.717, 1.165) is 25.2 Å². The van der Waals surface area contributed by atoms with Gasteiger partial charge in [0.05, 0.1) is 10.6 Å². The highest BCUT2D eigenvalue weighted by Crippen LogP contribution is 2.33. The van der Waals surface area contributed by atoms with E-state index in [1.54, 1.807) is 0 Å². The molecule has 25 heavy (non-hydrogen) atoms. The molecule has 1 heterocycles. The van der Waals surface area contributed by atoms with Crippen molar-refractivity contribution in [2.24, 2.45) is 11.8 Å². The number of halogens is 1. The van der Waals surface area contributed by atoms with Crippen LogP contribution in [0.2, 0.25) is 0 Å². The van der Waals surface area contributed by atoms with E-state index in [-0.39, 0.29) is 0 Å². The quantitative estimate of drug-likeness (QED) is 0.242. The second-order valence-corrected chi connectivity index (χ2v) is 8.53. The second kappa shape index (κ2) is 11.9. The van der Waals surface area contributed by atoms with Gasteiger partial charge < -0.3 is 4.57 Å². The van der Waals surface area contributed by atoms with E-state index in [4.69, 9.17) is 4.98 Å². The summed E-state index contributed by atoms with van der Waals surface area (Å²) in [4.78, 5) is 5.34. The van der Waals surface area contributed by atoms with Crippen molar-refractivity contribution in [1.82, 2.24) is 9.55 Å². The fourth-order valence-electron chi connectivity index (χ4n) is 3.92. The van der Waals surface area contributed by atoms with Crippen LogP contribution in [0.3, 0.4) is 0 Å². The van der Waals surface area contributed by atoms with Crippen LogP contribution in [-0.4, -0.2) is 9.55 Å². The first-order valence-electron chi connectivity index (χ1n) is 10.3. The number of aryl methyl sites for hydroxylation is 1. The summed E-state index contributed by atoms with van der Waals surface area (Å²) in [6, 6.07) is 0. The predicted molar refractivity (Wildman–Crippen MR) is 115 cm³/mol. The maximum absolute atomic E-state index is 4.97. The summed E-state index contributed by atoms with van der Waals surface area (Å²) in [5, 5.41) is 0. The smallest absolute Gasteiger partial charge is 0.110 e. The van der Waals surface area contributed by atoms with E-state index in [2.05, 4.69) is 67.8 Å². The van der Waals surface area contributed by atoms with E-state index in [0.29, 0.717) is 10.9 Å². The first-order valence-corrected chi connectivity index (χ1v) is 11.2. The molecule has 0 fully saturated rings. The molecule has 0 N–H and O–H groups in total. The fraction of sp³-hybridized carbons (Fsp3) is 0.773. The summed E-state index contributed by atoms with van der Waals surface area (Å²) in [6.07, 6.45) is 13.1. The molecular formula is C22H39BrN2. The van der Waals surface area contributed by atoms with Gasteiger partial charge in [-0.2, -0.15) is 0 Å². The van der Waals surface area contributed by atoms with E-state index in [9.17, 15) is 0 Å². The molecule has 0 bridgehead atoms. The minimum absolute atomic E-state index is 0.365. The fourth-order valence-corrected chi connectivity index (χ4v) is 4.92. The summed E-state index contributed by atoms with van der Waals surface area (Å²) in [5.74, 6) is 2.72. The summed E-state index contributed by atoms with van der Waals surface area (Å²) in [7, 11) is 0. The molecular weight excluding hydrogens is 372 g/mol. The average molecular weight is 411 g/mol. The van der Waals surface area contributed by atoms with E-state index >= 15 is 0 Å². The van der Waals surface area contributed by atoms with Crippen molar-refractivity contribution in [1.29, 1.82) is 0 Å². The van der Waals surface area contributed by atoms with Crippen LogP contribution in [0.5, 0.6) is 0 Å². The van der Waals surface area contributed by atoms with Gasteiger partial charge in [-0.3, -0.25) is 0 Å². The van der Waals surface area contributed by atoms with Crippen LogP contribution in [0.1, 0.15) is 94.3 Å². The van der Waals surface area contributed by atoms with Gasteiger partial charge in [-0.1, -0.05) is 74.9 Å². The number of nitrogens with zero attached hydrogens (tertiary/aromatic N) is 2. The largest absolute Gasteiger partial charge is 0.319 e. The Morgan fingerprint density at radius 1 is 1.04 bits per heavy atom. The Morgan fingerprint density at radius 3 is 2.28 bits per heavy atom. The van der Waals surface area contributed by atoms with Gasteiger partial charge in [-0.05, 0) is 44.9 Å². The van der Waals surface area contributed by atoms with Crippen LogP contribution in [0.4, 0.5) is 0 Å². The van der Waals surface area contributed by atoms with Gasteiger partial charge in [-0.25, -0.2) is 4.98 Å². The van der Waals surface area contributed by atoms with Crippen molar-refractivity contribution in [3.8, 4) is 0 Å². The topological polar surface area (TPSA) is 17.8 Å². The Labute approximate surface area is 164 Å². The number of imidazole rings is 1. The molecule has 0 aliphatic heterocycles. The lowest BCUT2D eigenvalue weighted by molar-refractivity contribution is 0.279. The highest BCUT2D eigenvalue weighted by molar-refractivity contribution is 9.09. The zero-order chi connectivity index (χ0) is 18.8. The first kappa shape index (κ1) is 22.5. The number of hydrogen-bond donors (Lipinski definition) is 0. The van der Waals surface area contributed by atoms with Crippen molar-refractivity contribution < 1.29 is 0 Å². The molecule has 2 nitrogen and oxygen atoms in total. The van der Waals surface area contributed by atoms with E-state index in [1.807, 2.05) is 0 Å². The van der Waals surface area contributed by atoms with Crippen LogP contribution < -0.4 is 0 Å². The maximum atomic E-state index is 4.97. The third-order valence-electron chi connectivity index (χ3n) is 5.44. The first-order chi connectivity index (χ1) is 12.0. The molecule has 0 amide bonds. The molecule has 0 radical (unpaired) electrons. The Kier molecular flexibility index (Phi) is 10.7. The Balaban J connectivity index is 3.09. The summed E-state index contributed by atoms with van der Waals surface area (Å²) >= 11 is 3.91. The van der Waals surface area contributed by atoms with Crippen molar-refractivity contribution >= 4 is 15.9 Å². The van der Waals surface area contributed by atoms with Crippen LogP contribution >= 0.6 is 15.9 Å². The van der Waals surface area contributed by atoms with Crippen LogP contribution in [0.25, 0.3) is 0 Å². The molecule has 0 spiro atoms. The van der Waals surface area contributed by atoms with Gasteiger partial charge in [0.2, 0.25) is 0 Å². The molecule has 1 rings (SSSR count). The standard InChI is InChI=1S/C22H39BrN2/c1-7-11-15-20(19(12-8-2)13-9-3)16-22-24-17(5)18(6)25(22)21(23)14-10-4/h8,19-21H,2,7,9-16H2,1,3-6H3. The van der Waals surface area contributed by atoms with E-state index < -0.39 is 0 Å². The minimum atomic E-state index is 0.365.